The Morgan fingerprint density at radius 2 is 2.00 bits per heavy atom. The molecular weight excluding hydrogens is 584 g/mol. The maximum Gasteiger partial charge on any atom is 0.363 e. The first-order valence-electron chi connectivity index (χ1n) is 10.7. The van der Waals surface area contributed by atoms with Crippen LogP contribution in [0.3, 0.4) is 0 Å². The molecule has 184 valence electrons. The molecule has 0 saturated heterocycles. The average Bonchev–Trinajstić information content (AvgIpc) is 3.39. The number of aliphatic imine (C=N–C) groups is 1. The van der Waals surface area contributed by atoms with E-state index in [1.54, 1.807) is 42.5 Å². The predicted octanol–water partition coefficient (Wildman–Crippen LogP) is 7.10. The molecule has 0 amide bonds. The van der Waals surface area contributed by atoms with Crippen molar-refractivity contribution in [3.8, 4) is 5.75 Å². The number of nitro benzene ring substituents is 1. The van der Waals surface area contributed by atoms with Crippen LogP contribution < -0.4 is 4.74 Å². The number of nitrogens with zero attached hydrogens (tertiary/aromatic N) is 2. The van der Waals surface area contributed by atoms with Gasteiger partial charge in [0.2, 0.25) is 5.90 Å². The fraction of sp³-hybridized carbons (Fsp3) is 0.0385. The van der Waals surface area contributed by atoms with E-state index in [0.717, 1.165) is 16.9 Å². The minimum Gasteiger partial charge on any atom is -0.422 e. The lowest BCUT2D eigenvalue weighted by Gasteiger charge is -2.09. The lowest BCUT2D eigenvalue weighted by molar-refractivity contribution is -0.384. The summed E-state index contributed by atoms with van der Waals surface area (Å²) in [5.74, 6) is -1.05. The number of non-ortho nitro benzene ring substituents is 1. The second-order valence-corrected chi connectivity index (χ2v) is 10.3. The zero-order valence-corrected chi connectivity index (χ0v) is 22.0. The molecule has 0 radical (unpaired) electrons. The van der Waals surface area contributed by atoms with Crippen molar-refractivity contribution in [3.05, 3.63) is 108 Å². The fourth-order valence-electron chi connectivity index (χ4n) is 3.61. The smallest absolute Gasteiger partial charge is 0.363 e. The Bertz CT molecular complexity index is 1690. The molecule has 0 aliphatic carbocycles. The van der Waals surface area contributed by atoms with Gasteiger partial charge in [0, 0.05) is 32.3 Å². The number of esters is 2. The molecule has 0 N–H and O–H groups in total. The molecule has 0 fully saturated rings. The summed E-state index contributed by atoms with van der Waals surface area (Å²) in [4.78, 5) is 40.6. The van der Waals surface area contributed by atoms with Crippen LogP contribution >= 0.6 is 38.9 Å². The number of cyclic esters (lactones) is 1. The number of rotatable bonds is 5. The molecule has 0 bridgehead atoms. The van der Waals surface area contributed by atoms with E-state index in [1.807, 2.05) is 13.0 Å². The van der Waals surface area contributed by atoms with Crippen LogP contribution in [0.15, 0.2) is 75.8 Å². The summed E-state index contributed by atoms with van der Waals surface area (Å²) in [5, 5.41) is 12.0. The molecule has 11 heteroatoms. The molecule has 4 aromatic rings. The van der Waals surface area contributed by atoms with Crippen molar-refractivity contribution in [1.29, 1.82) is 0 Å². The first kappa shape index (κ1) is 24.8. The van der Waals surface area contributed by atoms with Crippen molar-refractivity contribution in [3.63, 3.8) is 0 Å². The maximum atomic E-state index is 12.7. The molecular formula is C26H14BrClN2O6S. The fourth-order valence-corrected chi connectivity index (χ4v) is 5.46. The Morgan fingerprint density at radius 1 is 1.19 bits per heavy atom. The Morgan fingerprint density at radius 3 is 2.76 bits per heavy atom. The van der Waals surface area contributed by atoms with Crippen LogP contribution in [0.2, 0.25) is 5.02 Å². The summed E-state index contributed by atoms with van der Waals surface area (Å²) >= 11 is 11.0. The van der Waals surface area contributed by atoms with Crippen molar-refractivity contribution in [1.82, 2.24) is 0 Å². The molecule has 3 aromatic carbocycles. The number of carbonyl (C=O) groups excluding carboxylic acids is 2. The van der Waals surface area contributed by atoms with E-state index in [1.165, 1.54) is 18.2 Å². The summed E-state index contributed by atoms with van der Waals surface area (Å²) in [6.07, 6.45) is 1.45. The zero-order chi connectivity index (χ0) is 26.3. The highest BCUT2D eigenvalue weighted by molar-refractivity contribution is 9.10. The molecule has 0 saturated carbocycles. The van der Waals surface area contributed by atoms with Crippen LogP contribution in [-0.4, -0.2) is 22.8 Å². The third-order valence-electron chi connectivity index (χ3n) is 5.36. The topological polar surface area (TPSA) is 108 Å². The van der Waals surface area contributed by atoms with Crippen LogP contribution in [0.1, 0.15) is 26.4 Å². The number of benzene rings is 3. The van der Waals surface area contributed by atoms with Gasteiger partial charge in [-0.25, -0.2) is 14.6 Å². The Balaban J connectivity index is 1.49. The normalized spacial score (nSPS) is 14.1. The van der Waals surface area contributed by atoms with Crippen LogP contribution in [0, 0.1) is 17.0 Å². The number of nitro groups is 1. The minimum absolute atomic E-state index is 0.0154. The SMILES string of the molecule is Cc1cccc(C(=O)Oc2ccc(Br)cc2/C=C2/N=C(c3sc4cc([N+](=O)[O-])ccc4c3Cl)OC2=O)c1. The third-order valence-corrected chi connectivity index (χ3v) is 7.50. The van der Waals surface area contributed by atoms with Gasteiger partial charge in [0.15, 0.2) is 5.70 Å². The summed E-state index contributed by atoms with van der Waals surface area (Å²) in [6, 6.07) is 16.3. The van der Waals surface area contributed by atoms with Crippen molar-refractivity contribution in [2.24, 2.45) is 4.99 Å². The van der Waals surface area contributed by atoms with Crippen molar-refractivity contribution < 1.29 is 24.0 Å². The lowest BCUT2D eigenvalue weighted by Crippen LogP contribution is -2.09. The summed E-state index contributed by atoms with van der Waals surface area (Å²) in [5.41, 5.74) is 1.62. The van der Waals surface area contributed by atoms with E-state index >= 15 is 0 Å². The van der Waals surface area contributed by atoms with Gasteiger partial charge in [-0.1, -0.05) is 45.2 Å². The van der Waals surface area contributed by atoms with Crippen LogP contribution in [-0.2, 0) is 9.53 Å². The second kappa shape index (κ2) is 9.89. The Kier molecular flexibility index (Phi) is 6.63. The minimum atomic E-state index is -0.717. The number of halogens is 2. The van der Waals surface area contributed by atoms with E-state index in [4.69, 9.17) is 21.1 Å². The van der Waals surface area contributed by atoms with E-state index < -0.39 is 16.9 Å². The van der Waals surface area contributed by atoms with Crippen molar-refractivity contribution in [2.75, 3.05) is 0 Å². The highest BCUT2D eigenvalue weighted by Gasteiger charge is 2.29. The Labute approximate surface area is 227 Å². The summed E-state index contributed by atoms with van der Waals surface area (Å²) in [7, 11) is 0. The molecule has 2 heterocycles. The van der Waals surface area contributed by atoms with Gasteiger partial charge in [0.25, 0.3) is 5.69 Å². The highest BCUT2D eigenvalue weighted by atomic mass is 79.9. The standard InChI is InChI=1S/C26H14BrClN2O6S/c1-13-3-2-4-14(9-13)25(31)35-20-8-5-16(27)10-15(20)11-19-26(32)36-24(29-19)23-22(28)18-7-6-17(30(33)34)12-21(18)37-23/h2-12H,1H3/b19-11+. The van der Waals surface area contributed by atoms with Crippen LogP contribution in [0.25, 0.3) is 16.2 Å². The number of carbonyl (C=O) groups is 2. The first-order chi connectivity index (χ1) is 17.7. The number of aryl methyl sites for hydroxylation is 1. The number of hydrogen-bond acceptors (Lipinski definition) is 8. The van der Waals surface area contributed by atoms with Gasteiger partial charge in [-0.3, -0.25) is 10.1 Å². The third kappa shape index (κ3) is 5.04. The van der Waals surface area contributed by atoms with Crippen molar-refractivity contribution in [2.45, 2.75) is 6.92 Å². The predicted molar refractivity (Wildman–Crippen MR) is 144 cm³/mol. The molecule has 0 spiro atoms. The first-order valence-corrected chi connectivity index (χ1v) is 12.7. The van der Waals surface area contributed by atoms with E-state index in [2.05, 4.69) is 20.9 Å². The number of fused-ring (bicyclic) bond motifs is 1. The monoisotopic (exact) mass is 596 g/mol. The quantitative estimate of drug-likeness (QED) is 0.0798. The number of thiophene rings is 1. The number of hydrogen-bond donors (Lipinski definition) is 0. The largest absolute Gasteiger partial charge is 0.422 e. The molecule has 37 heavy (non-hydrogen) atoms. The van der Waals surface area contributed by atoms with Gasteiger partial charge >= 0.3 is 11.9 Å². The van der Waals surface area contributed by atoms with Gasteiger partial charge in [0.05, 0.1) is 15.5 Å². The molecule has 1 aromatic heterocycles. The van der Waals surface area contributed by atoms with Gasteiger partial charge in [-0.15, -0.1) is 11.3 Å². The molecule has 1 aliphatic heterocycles. The van der Waals surface area contributed by atoms with E-state index in [-0.39, 0.29) is 28.1 Å². The molecule has 0 atom stereocenters. The van der Waals surface area contributed by atoms with Gasteiger partial charge in [-0.05, 0) is 49.4 Å². The second-order valence-electron chi connectivity index (χ2n) is 7.96. The maximum absolute atomic E-state index is 12.7. The Hall–Kier alpha value is -3.86. The number of ether oxygens (including phenoxy) is 2. The van der Waals surface area contributed by atoms with E-state index in [0.29, 0.717) is 30.6 Å². The molecule has 5 rings (SSSR count). The van der Waals surface area contributed by atoms with Gasteiger partial charge in [-0.2, -0.15) is 0 Å². The van der Waals surface area contributed by atoms with Crippen LogP contribution in [0.4, 0.5) is 5.69 Å². The molecule has 1 aliphatic rings. The molecule has 0 unspecified atom stereocenters. The average molecular weight is 598 g/mol. The molecule has 8 nitrogen and oxygen atoms in total. The van der Waals surface area contributed by atoms with Crippen molar-refractivity contribution >= 4 is 78.6 Å². The van der Waals surface area contributed by atoms with Gasteiger partial charge < -0.3 is 9.47 Å². The van der Waals surface area contributed by atoms with Crippen LogP contribution in [0.5, 0.6) is 5.75 Å². The van der Waals surface area contributed by atoms with E-state index in [9.17, 15) is 19.7 Å². The highest BCUT2D eigenvalue weighted by Crippen LogP contribution is 2.39. The zero-order valence-electron chi connectivity index (χ0n) is 18.9. The van der Waals surface area contributed by atoms with Gasteiger partial charge in [0.1, 0.15) is 10.6 Å². The lowest BCUT2D eigenvalue weighted by atomic mass is 10.1. The summed E-state index contributed by atoms with van der Waals surface area (Å²) in [6.45, 7) is 1.87. The summed E-state index contributed by atoms with van der Waals surface area (Å²) < 4.78 is 12.2.